The molecule has 1 atom stereocenters. The maximum atomic E-state index is 12.4. The summed E-state index contributed by atoms with van der Waals surface area (Å²) in [6.07, 6.45) is 0.427. The zero-order chi connectivity index (χ0) is 22.1. The molecule has 0 aromatic heterocycles. The third kappa shape index (κ3) is 4.87. The molecule has 2 heterocycles. The summed E-state index contributed by atoms with van der Waals surface area (Å²) in [7, 11) is -3.98. The molecular formula is C18H23N3O7S2. The maximum Gasteiger partial charge on any atom is 0.354 e. The van der Waals surface area contributed by atoms with E-state index < -0.39 is 31.9 Å². The van der Waals surface area contributed by atoms with E-state index in [0.29, 0.717) is 5.56 Å². The fraction of sp³-hybridized carbons (Fsp3) is 0.500. The van der Waals surface area contributed by atoms with E-state index in [1.165, 1.54) is 26.2 Å². The van der Waals surface area contributed by atoms with Gasteiger partial charge in [0.15, 0.2) is 9.84 Å². The summed E-state index contributed by atoms with van der Waals surface area (Å²) in [5, 5.41) is 5.15. The van der Waals surface area contributed by atoms with Crippen LogP contribution in [0.3, 0.4) is 0 Å². The summed E-state index contributed by atoms with van der Waals surface area (Å²) in [5.41, 5.74) is 0.522. The van der Waals surface area contributed by atoms with Gasteiger partial charge in [0.1, 0.15) is 12.3 Å². The quantitative estimate of drug-likeness (QED) is 0.556. The van der Waals surface area contributed by atoms with Crippen molar-refractivity contribution in [3.8, 4) is 0 Å². The number of sulfonamides is 1. The van der Waals surface area contributed by atoms with Gasteiger partial charge in [-0.25, -0.2) is 30.9 Å². The summed E-state index contributed by atoms with van der Waals surface area (Å²) in [6.45, 7) is -0.166. The number of carbonyl (C=O) groups is 2. The number of nitrogens with zero attached hydrogens (tertiary/aromatic N) is 3. The highest BCUT2D eigenvalue weighted by molar-refractivity contribution is 7.91. The van der Waals surface area contributed by atoms with Crippen molar-refractivity contribution in [2.45, 2.75) is 36.8 Å². The molecule has 0 radical (unpaired) electrons. The standard InChI is InChI=1S/C18H23N3O7S2/c1-20(2)30(26,27)15-5-3-4-13(10-15)11-28-18(23)16-6-7-17(22)21(19-16)14-8-9-29(24,25)12-14/h3-5,10,14H,6-9,11-12H2,1-2H3/t14-/m1/s1. The lowest BCUT2D eigenvalue weighted by atomic mass is 10.1. The first-order chi connectivity index (χ1) is 14.0. The van der Waals surface area contributed by atoms with Gasteiger partial charge in [-0.1, -0.05) is 12.1 Å². The van der Waals surface area contributed by atoms with Crippen LogP contribution in [0, 0.1) is 0 Å². The number of hydrogen-bond acceptors (Lipinski definition) is 8. The molecule has 0 unspecified atom stereocenters. The summed E-state index contributed by atoms with van der Waals surface area (Å²) >= 11 is 0. The Balaban J connectivity index is 1.69. The lowest BCUT2D eigenvalue weighted by molar-refractivity contribution is -0.138. The van der Waals surface area contributed by atoms with Crippen LogP contribution in [-0.4, -0.2) is 75.4 Å². The second-order valence-electron chi connectivity index (χ2n) is 7.35. The van der Waals surface area contributed by atoms with Gasteiger partial charge in [0.2, 0.25) is 15.9 Å². The number of hydrazone groups is 1. The van der Waals surface area contributed by atoms with Crippen LogP contribution in [0.2, 0.25) is 0 Å². The van der Waals surface area contributed by atoms with Crippen LogP contribution in [-0.2, 0) is 40.8 Å². The van der Waals surface area contributed by atoms with Crippen molar-refractivity contribution in [2.24, 2.45) is 5.10 Å². The monoisotopic (exact) mass is 457 g/mol. The molecule has 1 aromatic carbocycles. The summed E-state index contributed by atoms with van der Waals surface area (Å²) in [4.78, 5) is 24.6. The highest BCUT2D eigenvalue weighted by Gasteiger charge is 2.37. The Hall–Kier alpha value is -2.31. The fourth-order valence-corrected chi connectivity index (χ4v) is 5.88. The normalized spacial score (nSPS) is 21.6. The lowest BCUT2D eigenvalue weighted by Gasteiger charge is -2.27. The second-order valence-corrected chi connectivity index (χ2v) is 11.7. The highest BCUT2D eigenvalue weighted by atomic mass is 32.2. The Morgan fingerprint density at radius 1 is 1.30 bits per heavy atom. The third-order valence-corrected chi connectivity index (χ3v) is 8.46. The molecule has 0 N–H and O–H groups in total. The maximum absolute atomic E-state index is 12.4. The van der Waals surface area contributed by atoms with E-state index in [1.807, 2.05) is 0 Å². The second kappa shape index (κ2) is 8.44. The first kappa shape index (κ1) is 22.4. The molecule has 164 valence electrons. The lowest BCUT2D eigenvalue weighted by Crippen LogP contribution is -2.42. The topological polar surface area (TPSA) is 130 Å². The van der Waals surface area contributed by atoms with Gasteiger partial charge in [-0.05, 0) is 24.1 Å². The van der Waals surface area contributed by atoms with Gasteiger partial charge in [0.05, 0.1) is 22.4 Å². The SMILES string of the molecule is CN(C)S(=O)(=O)c1cccc(COC(=O)C2=NN([C@@H]3CCS(=O)(=O)C3)C(=O)CC2)c1. The number of sulfone groups is 1. The zero-order valence-corrected chi connectivity index (χ0v) is 18.3. The van der Waals surface area contributed by atoms with Gasteiger partial charge in [-0.2, -0.15) is 5.10 Å². The number of ether oxygens (including phenoxy) is 1. The number of amides is 1. The molecule has 2 aliphatic heterocycles. The average Bonchev–Trinajstić information content (AvgIpc) is 3.06. The van der Waals surface area contributed by atoms with Gasteiger partial charge in [0.25, 0.3) is 0 Å². The molecule has 1 fully saturated rings. The van der Waals surface area contributed by atoms with Crippen LogP contribution in [0.1, 0.15) is 24.8 Å². The van der Waals surface area contributed by atoms with E-state index in [4.69, 9.17) is 4.74 Å². The first-order valence-electron chi connectivity index (χ1n) is 9.28. The van der Waals surface area contributed by atoms with Crippen molar-refractivity contribution in [3.05, 3.63) is 29.8 Å². The minimum Gasteiger partial charge on any atom is -0.456 e. The van der Waals surface area contributed by atoms with E-state index in [2.05, 4.69) is 5.10 Å². The molecule has 10 nitrogen and oxygen atoms in total. The van der Waals surface area contributed by atoms with Crippen molar-refractivity contribution in [2.75, 3.05) is 25.6 Å². The number of rotatable bonds is 6. The van der Waals surface area contributed by atoms with E-state index in [1.54, 1.807) is 12.1 Å². The predicted molar refractivity (Wildman–Crippen MR) is 108 cm³/mol. The van der Waals surface area contributed by atoms with Crippen LogP contribution >= 0.6 is 0 Å². The Labute approximate surface area is 175 Å². The Bertz CT molecular complexity index is 1090. The molecule has 1 saturated heterocycles. The van der Waals surface area contributed by atoms with Crippen LogP contribution in [0.5, 0.6) is 0 Å². The minimum atomic E-state index is -3.62. The van der Waals surface area contributed by atoms with Crippen molar-refractivity contribution >= 4 is 37.4 Å². The number of hydrogen-bond donors (Lipinski definition) is 0. The Kier molecular flexibility index (Phi) is 6.29. The Morgan fingerprint density at radius 3 is 2.67 bits per heavy atom. The van der Waals surface area contributed by atoms with Gasteiger partial charge < -0.3 is 4.74 Å². The number of benzene rings is 1. The number of esters is 1. The molecule has 0 saturated carbocycles. The van der Waals surface area contributed by atoms with Crippen LogP contribution in [0.4, 0.5) is 0 Å². The minimum absolute atomic E-state index is 0.0110. The van der Waals surface area contributed by atoms with Crippen molar-refractivity contribution in [1.29, 1.82) is 0 Å². The van der Waals surface area contributed by atoms with Crippen LogP contribution in [0.25, 0.3) is 0 Å². The van der Waals surface area contributed by atoms with Crippen LogP contribution in [0.15, 0.2) is 34.3 Å². The van der Waals surface area contributed by atoms with Crippen molar-refractivity contribution < 1.29 is 31.2 Å². The molecule has 12 heteroatoms. The van der Waals surface area contributed by atoms with Gasteiger partial charge in [-0.3, -0.25) is 4.79 Å². The van der Waals surface area contributed by atoms with E-state index in [-0.39, 0.29) is 53.9 Å². The van der Waals surface area contributed by atoms with Gasteiger partial charge >= 0.3 is 5.97 Å². The van der Waals surface area contributed by atoms with Gasteiger partial charge in [-0.15, -0.1) is 0 Å². The fourth-order valence-electron chi connectivity index (χ4n) is 3.21. The van der Waals surface area contributed by atoms with Gasteiger partial charge in [0, 0.05) is 26.9 Å². The molecule has 30 heavy (non-hydrogen) atoms. The molecule has 0 spiro atoms. The molecule has 1 aromatic rings. The van der Waals surface area contributed by atoms with E-state index in [9.17, 15) is 26.4 Å². The van der Waals surface area contributed by atoms with E-state index in [0.717, 1.165) is 9.31 Å². The van der Waals surface area contributed by atoms with Crippen molar-refractivity contribution in [1.82, 2.24) is 9.31 Å². The summed E-state index contributed by atoms with van der Waals surface area (Å²) < 4.78 is 54.2. The molecule has 1 amide bonds. The number of carbonyl (C=O) groups excluding carboxylic acids is 2. The molecule has 0 bridgehead atoms. The molecule has 2 aliphatic rings. The molecule has 0 aliphatic carbocycles. The zero-order valence-electron chi connectivity index (χ0n) is 16.6. The highest BCUT2D eigenvalue weighted by Crippen LogP contribution is 2.22. The smallest absolute Gasteiger partial charge is 0.354 e. The van der Waals surface area contributed by atoms with E-state index >= 15 is 0 Å². The molecule has 3 rings (SSSR count). The van der Waals surface area contributed by atoms with Crippen LogP contribution < -0.4 is 0 Å². The Morgan fingerprint density at radius 2 is 2.03 bits per heavy atom. The predicted octanol–water partition coefficient (Wildman–Crippen LogP) is 0.146. The summed E-state index contributed by atoms with van der Waals surface area (Å²) in [5.74, 6) is -1.23. The molecular weight excluding hydrogens is 434 g/mol. The first-order valence-corrected chi connectivity index (χ1v) is 12.5. The largest absolute Gasteiger partial charge is 0.456 e. The van der Waals surface area contributed by atoms with Crippen molar-refractivity contribution in [3.63, 3.8) is 0 Å². The summed E-state index contributed by atoms with van der Waals surface area (Å²) in [6, 6.07) is 5.48. The third-order valence-electron chi connectivity index (χ3n) is 4.90. The average molecular weight is 458 g/mol.